The molecule has 0 bridgehead atoms. The molecule has 3 heteroatoms. The quantitative estimate of drug-likeness (QED) is 0.609. The van der Waals surface area contributed by atoms with Gasteiger partial charge in [0, 0.05) is 13.7 Å². The molecule has 0 radical (unpaired) electrons. The van der Waals surface area contributed by atoms with Crippen molar-refractivity contribution in [1.82, 2.24) is 5.32 Å². The smallest absolute Gasteiger partial charge is 0.122 e. The Morgan fingerprint density at radius 2 is 1.94 bits per heavy atom. The van der Waals surface area contributed by atoms with E-state index in [0.717, 1.165) is 12.3 Å². The number of hydrogen-bond donors (Lipinski definition) is 1. The van der Waals surface area contributed by atoms with Gasteiger partial charge in [0.2, 0.25) is 0 Å². The fraction of sp³-hybridized carbons (Fsp3) is 0.571. The molecule has 0 unspecified atom stereocenters. The zero-order valence-electron chi connectivity index (χ0n) is 11.5. The molecule has 1 rings (SSSR count). The molecule has 1 aromatic rings. The normalized spacial score (nSPS) is 10.9. The monoisotopic (exact) mass is 237 g/mol. The Morgan fingerprint density at radius 3 is 2.47 bits per heavy atom. The number of ether oxygens (including phenoxy) is 2. The fourth-order valence-electron chi connectivity index (χ4n) is 1.85. The third-order valence-electron chi connectivity index (χ3n) is 2.87. The van der Waals surface area contributed by atoms with Crippen molar-refractivity contribution in [3.05, 3.63) is 28.8 Å². The molecule has 0 saturated carbocycles. The SMILES string of the molecule is COCNCc1cc(C(C)C)c(OC)cc1C. The summed E-state index contributed by atoms with van der Waals surface area (Å²) in [5.74, 6) is 1.44. The van der Waals surface area contributed by atoms with E-state index in [2.05, 4.69) is 38.2 Å². The fourth-order valence-corrected chi connectivity index (χ4v) is 1.85. The molecular weight excluding hydrogens is 214 g/mol. The largest absolute Gasteiger partial charge is 0.496 e. The second-order valence-corrected chi connectivity index (χ2v) is 4.54. The molecule has 1 N–H and O–H groups in total. The maximum atomic E-state index is 5.42. The van der Waals surface area contributed by atoms with Gasteiger partial charge in [0.1, 0.15) is 5.75 Å². The summed E-state index contributed by atoms with van der Waals surface area (Å²) in [4.78, 5) is 0. The summed E-state index contributed by atoms with van der Waals surface area (Å²) in [5, 5.41) is 3.23. The number of benzene rings is 1. The van der Waals surface area contributed by atoms with Crippen LogP contribution in [0.2, 0.25) is 0 Å². The van der Waals surface area contributed by atoms with Gasteiger partial charge in [-0.3, -0.25) is 5.32 Å². The van der Waals surface area contributed by atoms with Crippen LogP contribution in [-0.4, -0.2) is 21.0 Å². The molecule has 0 spiro atoms. The van der Waals surface area contributed by atoms with Crippen molar-refractivity contribution < 1.29 is 9.47 Å². The van der Waals surface area contributed by atoms with Gasteiger partial charge in [-0.05, 0) is 35.6 Å². The Balaban J connectivity index is 2.94. The first kappa shape index (κ1) is 14.0. The molecule has 17 heavy (non-hydrogen) atoms. The standard InChI is InChI=1S/C14H23NO2/c1-10(2)13-7-12(8-15-9-16-4)11(3)6-14(13)17-5/h6-7,10,15H,8-9H2,1-5H3. The Bertz CT molecular complexity index is 361. The molecule has 0 heterocycles. The van der Waals surface area contributed by atoms with Crippen LogP contribution in [0.25, 0.3) is 0 Å². The minimum Gasteiger partial charge on any atom is -0.496 e. The van der Waals surface area contributed by atoms with E-state index in [4.69, 9.17) is 9.47 Å². The van der Waals surface area contributed by atoms with Crippen molar-refractivity contribution in [3.63, 3.8) is 0 Å². The number of nitrogens with one attached hydrogen (secondary N) is 1. The number of hydrogen-bond acceptors (Lipinski definition) is 3. The zero-order chi connectivity index (χ0) is 12.8. The highest BCUT2D eigenvalue weighted by Gasteiger charge is 2.10. The molecule has 0 aliphatic heterocycles. The average molecular weight is 237 g/mol. The van der Waals surface area contributed by atoms with Gasteiger partial charge >= 0.3 is 0 Å². The predicted molar refractivity (Wildman–Crippen MR) is 70.5 cm³/mol. The average Bonchev–Trinajstić information content (AvgIpc) is 2.30. The van der Waals surface area contributed by atoms with Crippen molar-refractivity contribution in [2.75, 3.05) is 21.0 Å². The highest BCUT2D eigenvalue weighted by Crippen LogP contribution is 2.29. The number of rotatable bonds is 6. The molecule has 0 amide bonds. The van der Waals surface area contributed by atoms with Crippen LogP contribution in [0, 0.1) is 6.92 Å². The topological polar surface area (TPSA) is 30.5 Å². The lowest BCUT2D eigenvalue weighted by molar-refractivity contribution is 0.174. The Morgan fingerprint density at radius 1 is 1.24 bits per heavy atom. The van der Waals surface area contributed by atoms with Crippen LogP contribution >= 0.6 is 0 Å². The minimum absolute atomic E-state index is 0.465. The molecule has 0 aromatic heterocycles. The molecule has 0 atom stereocenters. The van der Waals surface area contributed by atoms with E-state index in [0.29, 0.717) is 12.6 Å². The van der Waals surface area contributed by atoms with Crippen molar-refractivity contribution >= 4 is 0 Å². The Kier molecular flexibility index (Phi) is 5.45. The summed E-state index contributed by atoms with van der Waals surface area (Å²) in [6.07, 6.45) is 0. The zero-order valence-corrected chi connectivity index (χ0v) is 11.5. The summed E-state index contributed by atoms with van der Waals surface area (Å²) in [6, 6.07) is 4.33. The molecule has 96 valence electrons. The minimum atomic E-state index is 0.465. The van der Waals surface area contributed by atoms with Gasteiger partial charge in [-0.25, -0.2) is 0 Å². The molecular formula is C14H23NO2. The lowest BCUT2D eigenvalue weighted by Gasteiger charge is -2.16. The van der Waals surface area contributed by atoms with Crippen LogP contribution in [0.5, 0.6) is 5.75 Å². The summed E-state index contributed by atoms with van der Waals surface area (Å²) in [6.45, 7) is 7.86. The van der Waals surface area contributed by atoms with Gasteiger partial charge in [0.05, 0.1) is 13.8 Å². The van der Waals surface area contributed by atoms with Crippen LogP contribution < -0.4 is 10.1 Å². The summed E-state index contributed by atoms with van der Waals surface area (Å²) in [5.41, 5.74) is 3.80. The van der Waals surface area contributed by atoms with Crippen molar-refractivity contribution in [1.29, 1.82) is 0 Å². The van der Waals surface area contributed by atoms with E-state index in [1.54, 1.807) is 14.2 Å². The van der Waals surface area contributed by atoms with E-state index < -0.39 is 0 Å². The lowest BCUT2D eigenvalue weighted by atomic mass is 9.96. The van der Waals surface area contributed by atoms with Crippen molar-refractivity contribution in [2.45, 2.75) is 33.2 Å². The van der Waals surface area contributed by atoms with Gasteiger partial charge in [0.25, 0.3) is 0 Å². The van der Waals surface area contributed by atoms with Crippen LogP contribution in [-0.2, 0) is 11.3 Å². The second kappa shape index (κ2) is 6.62. The van der Waals surface area contributed by atoms with Crippen LogP contribution in [0.4, 0.5) is 0 Å². The van der Waals surface area contributed by atoms with E-state index in [1.165, 1.54) is 16.7 Å². The predicted octanol–water partition coefficient (Wildman–Crippen LogP) is 2.82. The van der Waals surface area contributed by atoms with E-state index in [-0.39, 0.29) is 0 Å². The maximum Gasteiger partial charge on any atom is 0.122 e. The Hall–Kier alpha value is -1.06. The van der Waals surface area contributed by atoms with Crippen LogP contribution in [0.3, 0.4) is 0 Å². The lowest BCUT2D eigenvalue weighted by Crippen LogP contribution is -2.17. The molecule has 0 fully saturated rings. The van der Waals surface area contributed by atoms with Gasteiger partial charge in [-0.15, -0.1) is 0 Å². The third-order valence-corrected chi connectivity index (χ3v) is 2.87. The van der Waals surface area contributed by atoms with Crippen molar-refractivity contribution in [2.24, 2.45) is 0 Å². The highest BCUT2D eigenvalue weighted by molar-refractivity contribution is 5.43. The molecule has 1 aromatic carbocycles. The first-order valence-corrected chi connectivity index (χ1v) is 5.97. The Labute approximate surface area is 104 Å². The first-order chi connectivity index (χ1) is 8.10. The molecule has 0 aliphatic rings. The summed E-state index contributed by atoms with van der Waals surface area (Å²) in [7, 11) is 3.41. The van der Waals surface area contributed by atoms with Crippen LogP contribution in [0.15, 0.2) is 12.1 Å². The van der Waals surface area contributed by atoms with Crippen molar-refractivity contribution in [3.8, 4) is 5.75 Å². The molecule has 3 nitrogen and oxygen atoms in total. The summed E-state index contributed by atoms with van der Waals surface area (Å²) >= 11 is 0. The van der Waals surface area contributed by atoms with Gasteiger partial charge in [-0.1, -0.05) is 19.9 Å². The van der Waals surface area contributed by atoms with Gasteiger partial charge < -0.3 is 9.47 Å². The maximum absolute atomic E-state index is 5.42. The van der Waals surface area contributed by atoms with Crippen LogP contribution in [0.1, 0.15) is 36.5 Å². The molecule has 0 saturated heterocycles. The van der Waals surface area contributed by atoms with Gasteiger partial charge in [0.15, 0.2) is 0 Å². The van der Waals surface area contributed by atoms with E-state index in [9.17, 15) is 0 Å². The first-order valence-electron chi connectivity index (χ1n) is 5.97. The van der Waals surface area contributed by atoms with Gasteiger partial charge in [-0.2, -0.15) is 0 Å². The third kappa shape index (κ3) is 3.72. The molecule has 0 aliphatic carbocycles. The summed E-state index contributed by atoms with van der Waals surface area (Å²) < 4.78 is 10.4. The second-order valence-electron chi connectivity index (χ2n) is 4.54. The number of aryl methyl sites for hydroxylation is 1. The number of methoxy groups -OCH3 is 2. The van der Waals surface area contributed by atoms with E-state index >= 15 is 0 Å². The van der Waals surface area contributed by atoms with E-state index in [1.807, 2.05) is 0 Å². The highest BCUT2D eigenvalue weighted by atomic mass is 16.5.